The zero-order chi connectivity index (χ0) is 14.1. The monoisotopic (exact) mass is 474 g/mol. The van der Waals surface area contributed by atoms with Crippen LogP contribution in [0.4, 0.5) is 0 Å². The highest BCUT2D eigenvalue weighted by atomic mass is 79.9. The van der Waals surface area contributed by atoms with E-state index in [-0.39, 0.29) is 24.8 Å². The van der Waals surface area contributed by atoms with Gasteiger partial charge in [0.15, 0.2) is 0 Å². The second-order valence-electron chi connectivity index (χ2n) is 5.71. The SMILES string of the molecule is Cl.Cl.Oc1c(Br)ccc(Br)c1[C@@H](C1CCC1)N1CCNCC1. The molecule has 1 heterocycles. The van der Waals surface area contributed by atoms with Crippen molar-refractivity contribution in [3.8, 4) is 5.75 Å². The molecule has 0 amide bonds. The topological polar surface area (TPSA) is 35.5 Å². The van der Waals surface area contributed by atoms with E-state index >= 15 is 0 Å². The summed E-state index contributed by atoms with van der Waals surface area (Å²) in [5, 5.41) is 13.9. The molecule has 1 saturated heterocycles. The van der Waals surface area contributed by atoms with Gasteiger partial charge >= 0.3 is 0 Å². The van der Waals surface area contributed by atoms with Gasteiger partial charge in [-0.2, -0.15) is 0 Å². The fourth-order valence-corrected chi connectivity index (χ4v) is 4.17. The van der Waals surface area contributed by atoms with Gasteiger partial charge in [0.05, 0.1) is 4.47 Å². The Morgan fingerprint density at radius 1 is 1.09 bits per heavy atom. The average Bonchev–Trinajstić information content (AvgIpc) is 2.41. The normalized spacial score (nSPS) is 20.5. The number of hydrogen-bond donors (Lipinski definition) is 2. The highest BCUT2D eigenvalue weighted by molar-refractivity contribution is 9.11. The molecule has 7 heteroatoms. The lowest BCUT2D eigenvalue weighted by Gasteiger charge is -2.43. The Hall–Kier alpha value is 0.480. The van der Waals surface area contributed by atoms with Crippen LogP contribution < -0.4 is 5.32 Å². The third kappa shape index (κ3) is 4.11. The largest absolute Gasteiger partial charge is 0.506 e. The lowest BCUT2D eigenvalue weighted by atomic mass is 9.76. The maximum absolute atomic E-state index is 10.5. The number of halogens is 4. The summed E-state index contributed by atoms with van der Waals surface area (Å²) in [5.41, 5.74) is 1.06. The third-order valence-corrected chi connectivity index (χ3v) is 5.88. The lowest BCUT2D eigenvalue weighted by molar-refractivity contribution is 0.0814. The van der Waals surface area contributed by atoms with E-state index < -0.39 is 0 Å². The summed E-state index contributed by atoms with van der Waals surface area (Å²) < 4.78 is 1.81. The standard InChI is InChI=1S/C15H20Br2N2O.2ClH/c16-11-4-5-12(17)15(20)13(11)14(10-2-1-3-10)19-8-6-18-7-9-19;;/h4-5,10,14,18,20H,1-3,6-9H2;2*1H/t14-;;/m1../s1. The van der Waals surface area contributed by atoms with Gasteiger partial charge in [0.2, 0.25) is 0 Å². The van der Waals surface area contributed by atoms with Crippen molar-refractivity contribution in [2.24, 2.45) is 5.92 Å². The van der Waals surface area contributed by atoms with E-state index in [9.17, 15) is 5.11 Å². The number of rotatable bonds is 3. The molecule has 1 aromatic carbocycles. The predicted octanol–water partition coefficient (Wildman–Crippen LogP) is 4.51. The summed E-state index contributed by atoms with van der Waals surface area (Å²) in [6.07, 6.45) is 3.86. The number of phenols is 1. The Balaban J connectivity index is 0.00000121. The molecule has 1 aliphatic heterocycles. The Kier molecular flexibility index (Phi) is 8.48. The number of phenolic OH excluding ortho intramolecular Hbond substituents is 1. The van der Waals surface area contributed by atoms with Crippen molar-refractivity contribution in [3.05, 3.63) is 26.6 Å². The molecule has 0 bridgehead atoms. The molecule has 1 atom stereocenters. The Morgan fingerprint density at radius 2 is 1.68 bits per heavy atom. The van der Waals surface area contributed by atoms with E-state index in [1.165, 1.54) is 19.3 Å². The molecule has 2 N–H and O–H groups in total. The molecule has 1 aromatic rings. The van der Waals surface area contributed by atoms with Gasteiger partial charge in [-0.25, -0.2) is 0 Å². The highest BCUT2D eigenvalue weighted by Crippen LogP contribution is 2.48. The fraction of sp³-hybridized carbons (Fsp3) is 0.600. The minimum absolute atomic E-state index is 0. The van der Waals surface area contributed by atoms with Crippen molar-refractivity contribution in [2.75, 3.05) is 26.2 Å². The quantitative estimate of drug-likeness (QED) is 0.674. The smallest absolute Gasteiger partial charge is 0.135 e. The van der Waals surface area contributed by atoms with E-state index in [0.29, 0.717) is 17.7 Å². The molecule has 0 aromatic heterocycles. The van der Waals surface area contributed by atoms with Gasteiger partial charge in [0.1, 0.15) is 5.75 Å². The van der Waals surface area contributed by atoms with E-state index in [2.05, 4.69) is 42.1 Å². The van der Waals surface area contributed by atoms with Crippen molar-refractivity contribution in [2.45, 2.75) is 25.3 Å². The van der Waals surface area contributed by atoms with E-state index in [1.807, 2.05) is 12.1 Å². The molecule has 0 radical (unpaired) electrons. The number of nitrogens with one attached hydrogen (secondary N) is 1. The van der Waals surface area contributed by atoms with Crippen LogP contribution in [0.3, 0.4) is 0 Å². The average molecular weight is 477 g/mol. The first-order valence-corrected chi connectivity index (χ1v) is 8.88. The first-order valence-electron chi connectivity index (χ1n) is 7.30. The molecule has 2 fully saturated rings. The zero-order valence-corrected chi connectivity index (χ0v) is 17.0. The van der Waals surface area contributed by atoms with Gasteiger partial charge in [0, 0.05) is 42.3 Å². The molecule has 22 heavy (non-hydrogen) atoms. The molecule has 126 valence electrons. The lowest BCUT2D eigenvalue weighted by Crippen LogP contribution is -2.48. The van der Waals surface area contributed by atoms with Crippen LogP contribution in [0.25, 0.3) is 0 Å². The molecule has 2 aliphatic rings. The van der Waals surface area contributed by atoms with Crippen molar-refractivity contribution in [1.82, 2.24) is 10.2 Å². The van der Waals surface area contributed by atoms with Crippen molar-refractivity contribution >= 4 is 56.7 Å². The summed E-state index contributed by atoms with van der Waals surface area (Å²) in [7, 11) is 0. The molecule has 0 unspecified atom stereocenters. The van der Waals surface area contributed by atoms with Crippen LogP contribution in [-0.2, 0) is 0 Å². The van der Waals surface area contributed by atoms with Crippen LogP contribution in [0, 0.1) is 5.92 Å². The molecule has 3 nitrogen and oxygen atoms in total. The van der Waals surface area contributed by atoms with Gasteiger partial charge in [-0.1, -0.05) is 22.4 Å². The van der Waals surface area contributed by atoms with Crippen LogP contribution in [-0.4, -0.2) is 36.2 Å². The number of nitrogens with zero attached hydrogens (tertiary/aromatic N) is 1. The predicted molar refractivity (Wildman–Crippen MR) is 103 cm³/mol. The first-order chi connectivity index (χ1) is 9.68. The van der Waals surface area contributed by atoms with Gasteiger partial charge in [-0.3, -0.25) is 4.90 Å². The van der Waals surface area contributed by atoms with Crippen LogP contribution >= 0.6 is 56.7 Å². The maximum atomic E-state index is 10.5. The summed E-state index contributed by atoms with van der Waals surface area (Å²) in [6.45, 7) is 4.18. The number of benzene rings is 1. The van der Waals surface area contributed by atoms with E-state index in [1.54, 1.807) is 0 Å². The second-order valence-corrected chi connectivity index (χ2v) is 7.42. The summed E-state index contributed by atoms with van der Waals surface area (Å²) in [4.78, 5) is 2.53. The summed E-state index contributed by atoms with van der Waals surface area (Å²) in [6, 6.07) is 4.27. The molecular formula is C15H22Br2Cl2N2O. The van der Waals surface area contributed by atoms with Crippen LogP contribution in [0.15, 0.2) is 21.1 Å². The van der Waals surface area contributed by atoms with Crippen molar-refractivity contribution < 1.29 is 5.11 Å². The second kappa shape index (κ2) is 9.09. The van der Waals surface area contributed by atoms with Gasteiger partial charge in [-0.15, -0.1) is 24.8 Å². The molecule has 1 aliphatic carbocycles. The minimum Gasteiger partial charge on any atom is -0.506 e. The number of piperazine rings is 1. The van der Waals surface area contributed by atoms with Gasteiger partial charge in [0.25, 0.3) is 0 Å². The Bertz CT molecular complexity index is 495. The van der Waals surface area contributed by atoms with Crippen LogP contribution in [0.5, 0.6) is 5.75 Å². The Labute approximate surface area is 161 Å². The first kappa shape index (κ1) is 20.5. The van der Waals surface area contributed by atoms with E-state index in [4.69, 9.17) is 0 Å². The summed E-state index contributed by atoms with van der Waals surface area (Å²) in [5.74, 6) is 1.07. The third-order valence-electron chi connectivity index (χ3n) is 4.55. The number of aromatic hydroxyl groups is 1. The molecular weight excluding hydrogens is 455 g/mol. The van der Waals surface area contributed by atoms with Gasteiger partial charge < -0.3 is 10.4 Å². The zero-order valence-electron chi connectivity index (χ0n) is 12.2. The van der Waals surface area contributed by atoms with Crippen molar-refractivity contribution in [3.63, 3.8) is 0 Å². The molecule has 0 spiro atoms. The molecule has 3 rings (SSSR count). The summed E-state index contributed by atoms with van der Waals surface area (Å²) >= 11 is 7.11. The fourth-order valence-electron chi connectivity index (χ4n) is 3.27. The maximum Gasteiger partial charge on any atom is 0.135 e. The Morgan fingerprint density at radius 3 is 2.23 bits per heavy atom. The minimum atomic E-state index is 0. The highest BCUT2D eigenvalue weighted by Gasteiger charge is 2.36. The van der Waals surface area contributed by atoms with Crippen LogP contribution in [0.2, 0.25) is 0 Å². The van der Waals surface area contributed by atoms with E-state index in [0.717, 1.165) is 40.7 Å². The van der Waals surface area contributed by atoms with Gasteiger partial charge in [-0.05, 0) is 46.8 Å². The number of hydrogen-bond acceptors (Lipinski definition) is 3. The molecule has 1 saturated carbocycles. The van der Waals surface area contributed by atoms with Crippen LogP contribution in [0.1, 0.15) is 30.9 Å². The van der Waals surface area contributed by atoms with Crippen molar-refractivity contribution in [1.29, 1.82) is 0 Å².